The summed E-state index contributed by atoms with van der Waals surface area (Å²) in [7, 11) is -1.11. The minimum Gasteiger partial charge on any atom is -0.0669 e. The average Bonchev–Trinajstić information content (AvgIpc) is 2.14. The zero-order chi connectivity index (χ0) is 10.4. The van der Waals surface area contributed by atoms with E-state index in [1.54, 1.807) is 21.9 Å². The summed E-state index contributed by atoms with van der Waals surface area (Å²) in [6.45, 7) is 16.6. The van der Waals surface area contributed by atoms with Gasteiger partial charge >= 0.3 is 0 Å². The largest absolute Gasteiger partial charge is 0.0778 e. The highest BCUT2D eigenvalue weighted by Gasteiger charge is 2.31. The van der Waals surface area contributed by atoms with E-state index in [1.165, 1.54) is 0 Å². The molecule has 0 unspecified atom stereocenters. The fourth-order valence-corrected chi connectivity index (χ4v) is 5.23. The molecule has 0 fully saturated rings. The van der Waals surface area contributed by atoms with Crippen molar-refractivity contribution in [3.8, 4) is 0 Å². The lowest BCUT2D eigenvalue weighted by Crippen LogP contribution is -2.25. The standard InChI is InChI=1S/C12H22Si/c1-8-9(2)11(4)12(10(8)3)13(5,6)7/h8H,1-7H3/t8-/m1/s1. The topological polar surface area (TPSA) is 0 Å². The Hall–Kier alpha value is -0.303. The highest BCUT2D eigenvalue weighted by molar-refractivity contribution is 6.84. The van der Waals surface area contributed by atoms with Crippen LogP contribution in [0.25, 0.3) is 0 Å². The highest BCUT2D eigenvalue weighted by atomic mass is 28.3. The first-order valence-electron chi connectivity index (χ1n) is 5.15. The predicted octanol–water partition coefficient (Wildman–Crippen LogP) is 4.17. The molecule has 74 valence electrons. The first-order valence-corrected chi connectivity index (χ1v) is 8.65. The van der Waals surface area contributed by atoms with Crippen LogP contribution < -0.4 is 0 Å². The molecule has 0 saturated heterocycles. The summed E-state index contributed by atoms with van der Waals surface area (Å²) in [5, 5.41) is 1.72. The Morgan fingerprint density at radius 3 is 1.54 bits per heavy atom. The summed E-state index contributed by atoms with van der Waals surface area (Å²) < 4.78 is 0. The maximum atomic E-state index is 2.45. The van der Waals surface area contributed by atoms with Crippen LogP contribution >= 0.6 is 0 Å². The molecule has 0 aliphatic heterocycles. The van der Waals surface area contributed by atoms with E-state index in [-0.39, 0.29) is 0 Å². The molecule has 13 heavy (non-hydrogen) atoms. The second kappa shape index (κ2) is 3.12. The summed E-state index contributed by atoms with van der Waals surface area (Å²) in [6, 6.07) is 0. The summed E-state index contributed by atoms with van der Waals surface area (Å²) in [6.07, 6.45) is 0. The molecule has 0 aromatic carbocycles. The Morgan fingerprint density at radius 2 is 1.38 bits per heavy atom. The van der Waals surface area contributed by atoms with Gasteiger partial charge in [-0.3, -0.25) is 0 Å². The molecule has 1 heteroatoms. The monoisotopic (exact) mass is 194 g/mol. The third-order valence-corrected chi connectivity index (χ3v) is 5.68. The van der Waals surface area contributed by atoms with E-state index in [0.29, 0.717) is 5.92 Å². The smallest absolute Gasteiger partial charge is 0.0669 e. The molecular formula is C12H22Si. The summed E-state index contributed by atoms with van der Waals surface area (Å²) in [5.41, 5.74) is 4.81. The van der Waals surface area contributed by atoms with E-state index in [1.807, 2.05) is 0 Å². The molecule has 0 amide bonds. The average molecular weight is 194 g/mol. The Kier molecular flexibility index (Phi) is 2.59. The fourth-order valence-electron chi connectivity index (χ4n) is 2.51. The van der Waals surface area contributed by atoms with Gasteiger partial charge in [0.25, 0.3) is 0 Å². The van der Waals surface area contributed by atoms with E-state index < -0.39 is 8.07 Å². The fraction of sp³-hybridized carbons (Fsp3) is 0.667. The van der Waals surface area contributed by atoms with Crippen LogP contribution in [0, 0.1) is 5.92 Å². The van der Waals surface area contributed by atoms with Crippen molar-refractivity contribution in [3.05, 3.63) is 21.9 Å². The Balaban J connectivity index is 3.24. The van der Waals surface area contributed by atoms with E-state index in [9.17, 15) is 0 Å². The van der Waals surface area contributed by atoms with Crippen LogP contribution in [0.15, 0.2) is 21.9 Å². The van der Waals surface area contributed by atoms with Crippen LogP contribution in [0.4, 0.5) is 0 Å². The van der Waals surface area contributed by atoms with Crippen LogP contribution in [-0.4, -0.2) is 8.07 Å². The molecule has 0 saturated carbocycles. The zero-order valence-electron chi connectivity index (χ0n) is 10.1. The lowest BCUT2D eigenvalue weighted by Gasteiger charge is -2.21. The normalized spacial score (nSPS) is 24.7. The number of allylic oxidation sites excluding steroid dienone is 4. The van der Waals surface area contributed by atoms with Crippen LogP contribution in [0.1, 0.15) is 27.7 Å². The summed E-state index contributed by atoms with van der Waals surface area (Å²) in [4.78, 5) is 0. The van der Waals surface area contributed by atoms with Crippen molar-refractivity contribution in [2.24, 2.45) is 5.92 Å². The molecule has 0 nitrogen and oxygen atoms in total. The Labute approximate surface area is 83.7 Å². The van der Waals surface area contributed by atoms with Gasteiger partial charge in [-0.2, -0.15) is 0 Å². The van der Waals surface area contributed by atoms with E-state index in [4.69, 9.17) is 0 Å². The van der Waals surface area contributed by atoms with Crippen molar-refractivity contribution in [2.45, 2.75) is 47.3 Å². The van der Waals surface area contributed by atoms with Crippen molar-refractivity contribution in [1.82, 2.24) is 0 Å². The zero-order valence-corrected chi connectivity index (χ0v) is 11.1. The van der Waals surface area contributed by atoms with Crippen LogP contribution in [0.3, 0.4) is 0 Å². The number of rotatable bonds is 1. The molecule has 1 aliphatic rings. The molecule has 0 aromatic rings. The van der Waals surface area contributed by atoms with Gasteiger partial charge in [0.2, 0.25) is 0 Å². The second-order valence-electron chi connectivity index (χ2n) is 5.34. The molecule has 0 spiro atoms. The SMILES string of the molecule is CC1=C(C)[C@@H](C)C(C)=C1[Si](C)(C)C. The van der Waals surface area contributed by atoms with Crippen molar-refractivity contribution >= 4 is 8.07 Å². The Bertz CT molecular complexity index is 287. The van der Waals surface area contributed by atoms with Gasteiger partial charge < -0.3 is 0 Å². The van der Waals surface area contributed by atoms with Gasteiger partial charge in [-0.05, 0) is 26.7 Å². The van der Waals surface area contributed by atoms with E-state index in [2.05, 4.69) is 47.3 Å². The number of hydrogen-bond acceptors (Lipinski definition) is 0. The van der Waals surface area contributed by atoms with E-state index in [0.717, 1.165) is 0 Å². The van der Waals surface area contributed by atoms with Crippen LogP contribution in [0.5, 0.6) is 0 Å². The van der Waals surface area contributed by atoms with Crippen LogP contribution in [-0.2, 0) is 0 Å². The van der Waals surface area contributed by atoms with E-state index >= 15 is 0 Å². The highest BCUT2D eigenvalue weighted by Crippen LogP contribution is 2.40. The van der Waals surface area contributed by atoms with Crippen LogP contribution in [0.2, 0.25) is 19.6 Å². The molecule has 0 aromatic heterocycles. The first-order chi connectivity index (χ1) is 5.76. The van der Waals surface area contributed by atoms with Crippen molar-refractivity contribution in [3.63, 3.8) is 0 Å². The molecular weight excluding hydrogens is 172 g/mol. The minimum atomic E-state index is -1.11. The quantitative estimate of drug-likeness (QED) is 0.550. The molecule has 1 aliphatic carbocycles. The van der Waals surface area contributed by atoms with Crippen molar-refractivity contribution in [1.29, 1.82) is 0 Å². The van der Waals surface area contributed by atoms with Gasteiger partial charge in [0.15, 0.2) is 0 Å². The first kappa shape index (κ1) is 10.8. The lowest BCUT2D eigenvalue weighted by molar-refractivity contribution is 0.816. The van der Waals surface area contributed by atoms with Gasteiger partial charge in [-0.25, -0.2) is 0 Å². The maximum Gasteiger partial charge on any atom is 0.0778 e. The molecule has 0 radical (unpaired) electrons. The molecule has 0 N–H and O–H groups in total. The van der Waals surface area contributed by atoms with Crippen molar-refractivity contribution < 1.29 is 0 Å². The molecule has 1 rings (SSSR count). The summed E-state index contributed by atoms with van der Waals surface area (Å²) >= 11 is 0. The Morgan fingerprint density at radius 1 is 0.923 bits per heavy atom. The van der Waals surface area contributed by atoms with Gasteiger partial charge in [-0.15, -0.1) is 0 Å². The second-order valence-corrected chi connectivity index (χ2v) is 10.3. The number of hydrogen-bond donors (Lipinski definition) is 0. The third-order valence-electron chi connectivity index (χ3n) is 3.41. The van der Waals surface area contributed by atoms with Gasteiger partial charge in [0.1, 0.15) is 0 Å². The minimum absolute atomic E-state index is 0.696. The van der Waals surface area contributed by atoms with Gasteiger partial charge in [-0.1, -0.05) is 48.5 Å². The van der Waals surface area contributed by atoms with Gasteiger partial charge in [0.05, 0.1) is 8.07 Å². The third kappa shape index (κ3) is 1.67. The maximum absolute atomic E-state index is 2.45. The lowest BCUT2D eigenvalue weighted by atomic mass is 10.0. The van der Waals surface area contributed by atoms with Gasteiger partial charge in [0, 0.05) is 0 Å². The molecule has 1 atom stereocenters. The molecule has 0 heterocycles. The predicted molar refractivity (Wildman–Crippen MR) is 63.6 cm³/mol. The molecule has 0 bridgehead atoms. The summed E-state index contributed by atoms with van der Waals surface area (Å²) in [5.74, 6) is 0.696. The van der Waals surface area contributed by atoms with Crippen molar-refractivity contribution in [2.75, 3.05) is 0 Å².